The third kappa shape index (κ3) is 3.69. The molecule has 1 heterocycles. The summed E-state index contributed by atoms with van der Waals surface area (Å²) >= 11 is 6.18. The van der Waals surface area contributed by atoms with Crippen molar-refractivity contribution < 1.29 is 0 Å². The van der Waals surface area contributed by atoms with Gasteiger partial charge in [0.05, 0.1) is 0 Å². The van der Waals surface area contributed by atoms with Crippen LogP contribution in [0.15, 0.2) is 42.6 Å². The highest BCUT2D eigenvalue weighted by atomic mass is 35.5. The molecule has 0 aliphatic heterocycles. The van der Waals surface area contributed by atoms with E-state index < -0.39 is 0 Å². The summed E-state index contributed by atoms with van der Waals surface area (Å²) in [6.07, 6.45) is 1.80. The largest absolute Gasteiger partial charge is 0.373 e. The van der Waals surface area contributed by atoms with E-state index in [9.17, 15) is 0 Å². The van der Waals surface area contributed by atoms with Gasteiger partial charge in [0, 0.05) is 36.9 Å². The molecular weight excluding hydrogens is 258 g/mol. The molecule has 3 nitrogen and oxygen atoms in total. The summed E-state index contributed by atoms with van der Waals surface area (Å²) in [5.74, 6) is 0.925. The van der Waals surface area contributed by atoms with E-state index in [4.69, 9.17) is 11.6 Å². The van der Waals surface area contributed by atoms with Crippen molar-refractivity contribution >= 4 is 17.4 Å². The van der Waals surface area contributed by atoms with Gasteiger partial charge in [0.2, 0.25) is 0 Å². The fourth-order valence-electron chi connectivity index (χ4n) is 2.06. The van der Waals surface area contributed by atoms with Crippen LogP contribution in [0.1, 0.15) is 11.1 Å². The molecule has 0 atom stereocenters. The molecule has 0 unspecified atom stereocenters. The van der Waals surface area contributed by atoms with Crippen molar-refractivity contribution in [1.82, 2.24) is 9.88 Å². The quantitative estimate of drug-likeness (QED) is 0.906. The first-order valence-corrected chi connectivity index (χ1v) is 6.62. The Morgan fingerprint density at radius 1 is 1.11 bits per heavy atom. The lowest BCUT2D eigenvalue weighted by molar-refractivity contribution is 0.319. The van der Waals surface area contributed by atoms with Crippen LogP contribution >= 0.6 is 11.6 Å². The number of nitrogens with one attached hydrogen (secondary N) is 1. The van der Waals surface area contributed by atoms with Crippen molar-refractivity contribution in [3.8, 4) is 0 Å². The number of anilines is 1. The second-order valence-electron chi connectivity index (χ2n) is 4.52. The molecular formula is C15H18ClN3. The number of hydrogen-bond acceptors (Lipinski definition) is 3. The van der Waals surface area contributed by atoms with Gasteiger partial charge in [-0.1, -0.05) is 35.9 Å². The first-order valence-electron chi connectivity index (χ1n) is 6.24. The predicted molar refractivity (Wildman–Crippen MR) is 80.4 cm³/mol. The molecule has 0 spiro atoms. The Morgan fingerprint density at radius 3 is 2.53 bits per heavy atom. The maximum atomic E-state index is 6.18. The Kier molecular flexibility index (Phi) is 4.77. The van der Waals surface area contributed by atoms with Crippen LogP contribution < -0.4 is 5.32 Å². The highest BCUT2D eigenvalue weighted by Gasteiger charge is 2.07. The van der Waals surface area contributed by atoms with Crippen molar-refractivity contribution in [2.24, 2.45) is 0 Å². The molecule has 4 heteroatoms. The van der Waals surface area contributed by atoms with Crippen molar-refractivity contribution in [3.63, 3.8) is 0 Å². The van der Waals surface area contributed by atoms with E-state index >= 15 is 0 Å². The fraction of sp³-hybridized carbons (Fsp3) is 0.267. The van der Waals surface area contributed by atoms with E-state index in [1.807, 2.05) is 31.3 Å². The van der Waals surface area contributed by atoms with Gasteiger partial charge >= 0.3 is 0 Å². The lowest BCUT2D eigenvalue weighted by Crippen LogP contribution is -2.18. The van der Waals surface area contributed by atoms with Crippen LogP contribution in [-0.4, -0.2) is 24.0 Å². The molecule has 0 amide bonds. The second kappa shape index (κ2) is 6.55. The topological polar surface area (TPSA) is 28.2 Å². The normalized spacial score (nSPS) is 10.7. The van der Waals surface area contributed by atoms with Crippen molar-refractivity contribution in [2.75, 3.05) is 19.4 Å². The van der Waals surface area contributed by atoms with Gasteiger partial charge in [-0.25, -0.2) is 4.98 Å². The summed E-state index contributed by atoms with van der Waals surface area (Å²) in [4.78, 5) is 6.53. The summed E-state index contributed by atoms with van der Waals surface area (Å²) in [5, 5.41) is 3.93. The first kappa shape index (κ1) is 13.8. The van der Waals surface area contributed by atoms with Crippen molar-refractivity contribution in [3.05, 3.63) is 58.7 Å². The van der Waals surface area contributed by atoms with Crippen molar-refractivity contribution in [2.45, 2.75) is 13.1 Å². The summed E-state index contributed by atoms with van der Waals surface area (Å²) in [5.41, 5.74) is 2.32. The summed E-state index contributed by atoms with van der Waals surface area (Å²) in [6, 6.07) is 12.0. The molecule has 2 aromatic rings. The fourth-order valence-corrected chi connectivity index (χ4v) is 2.25. The first-order chi connectivity index (χ1) is 9.20. The molecule has 1 N–H and O–H groups in total. The van der Waals surface area contributed by atoms with Gasteiger partial charge in [0.15, 0.2) is 0 Å². The van der Waals surface area contributed by atoms with Crippen LogP contribution in [0.3, 0.4) is 0 Å². The van der Waals surface area contributed by atoms with Crippen LogP contribution in [-0.2, 0) is 13.1 Å². The van der Waals surface area contributed by atoms with Crippen LogP contribution in [0, 0.1) is 0 Å². The number of nitrogens with zero attached hydrogens (tertiary/aromatic N) is 2. The third-order valence-electron chi connectivity index (χ3n) is 2.97. The Morgan fingerprint density at radius 2 is 1.79 bits per heavy atom. The summed E-state index contributed by atoms with van der Waals surface area (Å²) in [7, 11) is 3.97. The van der Waals surface area contributed by atoms with E-state index in [2.05, 4.69) is 34.4 Å². The second-order valence-corrected chi connectivity index (χ2v) is 4.93. The molecule has 100 valence electrons. The van der Waals surface area contributed by atoms with Gasteiger partial charge in [0.1, 0.15) is 5.82 Å². The van der Waals surface area contributed by atoms with Gasteiger partial charge < -0.3 is 5.32 Å². The van der Waals surface area contributed by atoms with Crippen LogP contribution in [0.2, 0.25) is 5.02 Å². The minimum atomic E-state index is 0.814. The minimum absolute atomic E-state index is 0.814. The number of hydrogen-bond donors (Lipinski definition) is 1. The van der Waals surface area contributed by atoms with E-state index in [-0.39, 0.29) is 0 Å². The van der Waals surface area contributed by atoms with Gasteiger partial charge in [-0.3, -0.25) is 4.90 Å². The highest BCUT2D eigenvalue weighted by Crippen LogP contribution is 2.19. The van der Waals surface area contributed by atoms with Crippen molar-refractivity contribution in [1.29, 1.82) is 0 Å². The van der Waals surface area contributed by atoms with Gasteiger partial charge in [0.25, 0.3) is 0 Å². The monoisotopic (exact) mass is 275 g/mol. The average Bonchev–Trinajstić information content (AvgIpc) is 2.42. The number of rotatable bonds is 5. The maximum absolute atomic E-state index is 6.18. The number of benzene rings is 1. The molecule has 0 radical (unpaired) electrons. The van der Waals surface area contributed by atoms with Gasteiger partial charge in [-0.2, -0.15) is 0 Å². The SMILES string of the molecule is CNc1ncccc1CN(C)Cc1ccccc1Cl. The minimum Gasteiger partial charge on any atom is -0.373 e. The molecule has 1 aromatic heterocycles. The lowest BCUT2D eigenvalue weighted by atomic mass is 10.2. The zero-order chi connectivity index (χ0) is 13.7. The molecule has 1 aromatic carbocycles. The van der Waals surface area contributed by atoms with Gasteiger partial charge in [-0.05, 0) is 24.7 Å². The van der Waals surface area contributed by atoms with E-state index in [0.717, 1.165) is 29.5 Å². The van der Waals surface area contributed by atoms with Crippen LogP contribution in [0.4, 0.5) is 5.82 Å². The standard InChI is InChI=1S/C15H18ClN3/c1-17-15-13(7-5-9-18-15)11-19(2)10-12-6-3-4-8-14(12)16/h3-9H,10-11H2,1-2H3,(H,17,18). The Balaban J connectivity index is 2.05. The Bertz CT molecular complexity index is 542. The van der Waals surface area contributed by atoms with Crippen LogP contribution in [0.25, 0.3) is 0 Å². The molecule has 0 aliphatic carbocycles. The molecule has 0 saturated carbocycles. The average molecular weight is 276 g/mol. The third-order valence-corrected chi connectivity index (χ3v) is 3.34. The Labute approximate surface area is 119 Å². The Hall–Kier alpha value is -1.58. The van der Waals surface area contributed by atoms with E-state index in [1.54, 1.807) is 6.20 Å². The number of halogens is 1. The molecule has 19 heavy (non-hydrogen) atoms. The maximum Gasteiger partial charge on any atom is 0.130 e. The molecule has 0 aliphatic rings. The summed E-state index contributed by atoms with van der Waals surface area (Å²) in [6.45, 7) is 1.65. The zero-order valence-corrected chi connectivity index (χ0v) is 12.0. The molecule has 0 bridgehead atoms. The molecule has 2 rings (SSSR count). The van der Waals surface area contributed by atoms with Gasteiger partial charge in [-0.15, -0.1) is 0 Å². The van der Waals surface area contributed by atoms with E-state index in [0.29, 0.717) is 0 Å². The molecule has 0 fully saturated rings. The number of pyridine rings is 1. The zero-order valence-electron chi connectivity index (χ0n) is 11.2. The smallest absolute Gasteiger partial charge is 0.130 e. The molecule has 0 saturated heterocycles. The highest BCUT2D eigenvalue weighted by molar-refractivity contribution is 6.31. The number of aromatic nitrogens is 1. The summed E-state index contributed by atoms with van der Waals surface area (Å²) < 4.78 is 0. The lowest BCUT2D eigenvalue weighted by Gasteiger charge is -2.19. The predicted octanol–water partition coefficient (Wildman–Crippen LogP) is 3.41. The van der Waals surface area contributed by atoms with E-state index in [1.165, 1.54) is 5.56 Å². The van der Waals surface area contributed by atoms with Crippen LogP contribution in [0.5, 0.6) is 0 Å².